The summed E-state index contributed by atoms with van der Waals surface area (Å²) in [6.07, 6.45) is 0.703. The van der Waals surface area contributed by atoms with E-state index >= 15 is 0 Å². The predicted molar refractivity (Wildman–Crippen MR) is 125 cm³/mol. The van der Waals surface area contributed by atoms with Crippen LogP contribution >= 0.6 is 34.8 Å². The highest BCUT2D eigenvalue weighted by Crippen LogP contribution is 2.26. The minimum atomic E-state index is -1.66. The molecule has 186 valence electrons. The molecule has 3 atom stereocenters. The van der Waals surface area contributed by atoms with Gasteiger partial charge in [0.25, 0.3) is 0 Å². The molecule has 1 rings (SSSR count). The van der Waals surface area contributed by atoms with Crippen LogP contribution in [0, 0.1) is 5.92 Å². The Balaban J connectivity index is 2.57. The second-order valence-corrected chi connectivity index (χ2v) is 11.8. The Bertz CT molecular complexity index is 652. The molecule has 0 aliphatic carbocycles. The molecular weight excluding hydrogens is 483 g/mol. The van der Waals surface area contributed by atoms with Gasteiger partial charge in [0.05, 0.1) is 0 Å². The summed E-state index contributed by atoms with van der Waals surface area (Å²) in [5.41, 5.74) is 2.43. The van der Waals surface area contributed by atoms with Gasteiger partial charge < -0.3 is 20.1 Å². The van der Waals surface area contributed by atoms with Crippen LogP contribution < -0.4 is 16.1 Å². The summed E-state index contributed by atoms with van der Waals surface area (Å²) in [4.78, 5) is 37.1. The van der Waals surface area contributed by atoms with Gasteiger partial charge in [0.15, 0.2) is 0 Å². The van der Waals surface area contributed by atoms with E-state index < -0.39 is 33.5 Å². The van der Waals surface area contributed by atoms with Gasteiger partial charge in [-0.2, -0.15) is 0 Å². The van der Waals surface area contributed by atoms with Crippen molar-refractivity contribution in [3.05, 3.63) is 0 Å². The number of nitrogens with one attached hydrogen (secondary N) is 3. The average molecular weight is 518 g/mol. The molecule has 1 aliphatic heterocycles. The second-order valence-electron chi connectivity index (χ2n) is 9.27. The summed E-state index contributed by atoms with van der Waals surface area (Å²) in [5, 5.41) is 7.39. The molecule has 1 heterocycles. The SMILES string of the molecule is CC(C)[C@H](NC(=O)OC(C)(C)C)C(=O)N[C@@H](C)CN1CCC[C@@H](C(=O)OCC(Cl)(Cl)Cl)N1. The van der Waals surface area contributed by atoms with Gasteiger partial charge in [0, 0.05) is 19.1 Å². The first-order valence-corrected chi connectivity index (χ1v) is 11.7. The quantitative estimate of drug-likeness (QED) is 0.335. The monoisotopic (exact) mass is 516 g/mol. The number of amides is 2. The third-order valence-electron chi connectivity index (χ3n) is 4.43. The highest BCUT2D eigenvalue weighted by Gasteiger charge is 2.31. The summed E-state index contributed by atoms with van der Waals surface area (Å²) in [6.45, 7) is 11.6. The number of nitrogens with zero attached hydrogens (tertiary/aromatic N) is 1. The fourth-order valence-electron chi connectivity index (χ4n) is 3.08. The first-order chi connectivity index (χ1) is 14.6. The van der Waals surface area contributed by atoms with Crippen LogP contribution in [-0.4, -0.2) is 70.2 Å². The van der Waals surface area contributed by atoms with Crippen molar-refractivity contribution in [1.82, 2.24) is 21.1 Å². The lowest BCUT2D eigenvalue weighted by Gasteiger charge is -2.35. The number of alkyl carbamates (subject to hydrolysis) is 1. The van der Waals surface area contributed by atoms with Crippen molar-refractivity contribution in [2.45, 2.75) is 81.9 Å². The Labute approximate surface area is 205 Å². The van der Waals surface area contributed by atoms with Gasteiger partial charge in [-0.25, -0.2) is 15.2 Å². The number of ether oxygens (including phenoxy) is 2. The maximum Gasteiger partial charge on any atom is 0.408 e. The van der Waals surface area contributed by atoms with Crippen molar-refractivity contribution in [2.24, 2.45) is 5.92 Å². The van der Waals surface area contributed by atoms with Crippen LogP contribution in [0.2, 0.25) is 0 Å². The van der Waals surface area contributed by atoms with Gasteiger partial charge >= 0.3 is 12.1 Å². The van der Waals surface area contributed by atoms with E-state index in [2.05, 4.69) is 16.1 Å². The molecule has 0 saturated carbocycles. The third-order valence-corrected chi connectivity index (χ3v) is 4.75. The largest absolute Gasteiger partial charge is 0.460 e. The first-order valence-electron chi connectivity index (χ1n) is 10.6. The van der Waals surface area contributed by atoms with Crippen LogP contribution in [-0.2, 0) is 19.1 Å². The number of carbonyl (C=O) groups excluding carboxylic acids is 3. The van der Waals surface area contributed by atoms with Gasteiger partial charge in [0.1, 0.15) is 24.3 Å². The zero-order valence-corrected chi connectivity index (χ0v) is 21.7. The molecule has 0 bridgehead atoms. The van der Waals surface area contributed by atoms with E-state index in [0.717, 1.165) is 6.42 Å². The maximum atomic E-state index is 12.8. The van der Waals surface area contributed by atoms with Gasteiger partial charge in [-0.3, -0.25) is 9.59 Å². The molecule has 0 aromatic rings. The molecule has 0 aromatic heterocycles. The molecular formula is C20H35Cl3N4O5. The maximum absolute atomic E-state index is 12.8. The van der Waals surface area contributed by atoms with Crippen molar-refractivity contribution in [3.63, 3.8) is 0 Å². The van der Waals surface area contributed by atoms with Crippen molar-refractivity contribution in [1.29, 1.82) is 0 Å². The lowest BCUT2D eigenvalue weighted by molar-refractivity contribution is -0.149. The number of halogens is 3. The minimum absolute atomic E-state index is 0.139. The molecule has 2 amide bonds. The highest BCUT2D eigenvalue weighted by molar-refractivity contribution is 6.67. The lowest BCUT2D eigenvalue weighted by atomic mass is 10.0. The molecule has 12 heteroatoms. The highest BCUT2D eigenvalue weighted by atomic mass is 35.6. The number of carbonyl (C=O) groups is 3. The van der Waals surface area contributed by atoms with Crippen molar-refractivity contribution < 1.29 is 23.9 Å². The minimum Gasteiger partial charge on any atom is -0.460 e. The molecule has 0 unspecified atom stereocenters. The van der Waals surface area contributed by atoms with E-state index in [1.807, 2.05) is 25.8 Å². The smallest absolute Gasteiger partial charge is 0.408 e. The molecule has 1 saturated heterocycles. The average Bonchev–Trinajstić information content (AvgIpc) is 2.61. The van der Waals surface area contributed by atoms with E-state index in [1.54, 1.807) is 20.8 Å². The normalized spacial score (nSPS) is 19.8. The molecule has 0 aromatic carbocycles. The summed E-state index contributed by atoms with van der Waals surface area (Å²) < 4.78 is 8.64. The third kappa shape index (κ3) is 11.7. The molecule has 3 N–H and O–H groups in total. The Morgan fingerprint density at radius 3 is 2.28 bits per heavy atom. The first kappa shape index (κ1) is 29.0. The Morgan fingerprint density at radius 1 is 1.12 bits per heavy atom. The van der Waals surface area contributed by atoms with E-state index in [-0.39, 0.29) is 24.5 Å². The molecule has 0 spiro atoms. The number of rotatable bonds is 8. The Kier molecular flexibility index (Phi) is 11.3. The van der Waals surface area contributed by atoms with Crippen LogP contribution in [0.5, 0.6) is 0 Å². The van der Waals surface area contributed by atoms with Crippen LogP contribution in [0.25, 0.3) is 0 Å². The lowest BCUT2D eigenvalue weighted by Crippen LogP contribution is -2.58. The summed E-state index contributed by atoms with van der Waals surface area (Å²) in [7, 11) is 0. The van der Waals surface area contributed by atoms with Gasteiger partial charge in [-0.15, -0.1) is 0 Å². The number of hydrogen-bond donors (Lipinski definition) is 3. The van der Waals surface area contributed by atoms with Gasteiger partial charge in [-0.05, 0) is 46.5 Å². The number of hydrogen-bond acceptors (Lipinski definition) is 7. The Morgan fingerprint density at radius 2 is 1.75 bits per heavy atom. The molecule has 32 heavy (non-hydrogen) atoms. The Hall–Kier alpha value is -1.00. The van der Waals surface area contributed by atoms with Gasteiger partial charge in [-0.1, -0.05) is 48.7 Å². The van der Waals surface area contributed by atoms with E-state index in [0.29, 0.717) is 19.5 Å². The summed E-state index contributed by atoms with van der Waals surface area (Å²) in [5.74, 6) is -0.951. The van der Waals surface area contributed by atoms with Crippen LogP contribution in [0.1, 0.15) is 54.4 Å². The van der Waals surface area contributed by atoms with Crippen molar-refractivity contribution in [3.8, 4) is 0 Å². The van der Waals surface area contributed by atoms with E-state index in [4.69, 9.17) is 44.3 Å². The zero-order valence-electron chi connectivity index (χ0n) is 19.5. The zero-order chi connectivity index (χ0) is 24.7. The number of esters is 1. The number of hydrazine groups is 1. The van der Waals surface area contributed by atoms with Crippen molar-refractivity contribution >= 4 is 52.8 Å². The standard InChI is InChI=1S/C20H35Cl3N4O5/c1-12(2)15(25-18(30)32-19(4,5)6)16(28)24-13(3)10-27-9-7-8-14(26-27)17(29)31-11-20(21,22)23/h12-15,26H,7-11H2,1-6H3,(H,24,28)(H,25,30)/t13-,14-,15-/m0/s1. The topological polar surface area (TPSA) is 109 Å². The van der Waals surface area contributed by atoms with E-state index in [1.165, 1.54) is 0 Å². The van der Waals surface area contributed by atoms with Crippen LogP contribution in [0.15, 0.2) is 0 Å². The summed E-state index contributed by atoms with van der Waals surface area (Å²) in [6, 6.07) is -1.56. The second kappa shape index (κ2) is 12.5. The van der Waals surface area contributed by atoms with Gasteiger partial charge in [0.2, 0.25) is 9.70 Å². The van der Waals surface area contributed by atoms with Crippen molar-refractivity contribution in [2.75, 3.05) is 19.7 Å². The molecule has 0 radical (unpaired) electrons. The fourth-order valence-corrected chi connectivity index (χ4v) is 3.25. The van der Waals surface area contributed by atoms with E-state index in [9.17, 15) is 14.4 Å². The fraction of sp³-hybridized carbons (Fsp3) is 0.850. The molecule has 1 fully saturated rings. The summed E-state index contributed by atoms with van der Waals surface area (Å²) >= 11 is 16.9. The number of alkyl halides is 3. The van der Waals surface area contributed by atoms with Crippen LogP contribution in [0.3, 0.4) is 0 Å². The predicted octanol–water partition coefficient (Wildman–Crippen LogP) is 2.92. The molecule has 1 aliphatic rings. The van der Waals surface area contributed by atoms with Crippen LogP contribution in [0.4, 0.5) is 4.79 Å². The molecule has 9 nitrogen and oxygen atoms in total.